The van der Waals surface area contributed by atoms with Gasteiger partial charge < -0.3 is 4.90 Å². The van der Waals surface area contributed by atoms with Crippen molar-refractivity contribution in [3.63, 3.8) is 0 Å². The van der Waals surface area contributed by atoms with Gasteiger partial charge in [-0.05, 0) is 42.9 Å². The van der Waals surface area contributed by atoms with E-state index in [1.807, 2.05) is 41.3 Å². The third-order valence-electron chi connectivity index (χ3n) is 5.25. The number of amides is 1. The van der Waals surface area contributed by atoms with Gasteiger partial charge in [0.2, 0.25) is 0 Å². The summed E-state index contributed by atoms with van der Waals surface area (Å²) in [5, 5.41) is 7.04. The van der Waals surface area contributed by atoms with Gasteiger partial charge in [-0.15, -0.1) is 0 Å². The van der Waals surface area contributed by atoms with E-state index in [9.17, 15) is 9.18 Å². The Balaban J connectivity index is 1.40. The summed E-state index contributed by atoms with van der Waals surface area (Å²) in [6.07, 6.45) is 4.34. The smallest absolute Gasteiger partial charge is 0.257 e. The molecule has 3 aromatic rings. The molecule has 1 aliphatic rings. The lowest BCUT2D eigenvalue weighted by Crippen LogP contribution is -2.39. The first-order chi connectivity index (χ1) is 13.2. The summed E-state index contributed by atoms with van der Waals surface area (Å²) < 4.78 is 13.4. The highest BCUT2D eigenvalue weighted by molar-refractivity contribution is 5.99. The average molecular weight is 363 g/mol. The predicted octanol–water partition coefficient (Wildman–Crippen LogP) is 4.31. The number of aromatic nitrogens is 2. The van der Waals surface area contributed by atoms with E-state index in [-0.39, 0.29) is 11.7 Å². The quantitative estimate of drug-likeness (QED) is 0.751. The zero-order valence-corrected chi connectivity index (χ0v) is 15.1. The lowest BCUT2D eigenvalue weighted by molar-refractivity contribution is 0.0691. The zero-order valence-electron chi connectivity index (χ0n) is 15.1. The molecular formula is C22H22FN3O. The highest BCUT2D eigenvalue weighted by atomic mass is 19.1. The molecule has 1 fully saturated rings. The van der Waals surface area contributed by atoms with Crippen LogP contribution in [-0.4, -0.2) is 34.1 Å². The number of nitrogens with one attached hydrogen (secondary N) is 1. The van der Waals surface area contributed by atoms with Crippen molar-refractivity contribution in [3.05, 3.63) is 77.7 Å². The fraction of sp³-hybridized carbons (Fsp3) is 0.273. The molecule has 138 valence electrons. The molecule has 0 aliphatic carbocycles. The van der Waals surface area contributed by atoms with Crippen LogP contribution in [0.4, 0.5) is 4.39 Å². The van der Waals surface area contributed by atoms with Crippen molar-refractivity contribution >= 4 is 5.91 Å². The van der Waals surface area contributed by atoms with Gasteiger partial charge in [0, 0.05) is 18.7 Å². The SMILES string of the molecule is O=C(c1cn[nH]c1-c1ccccc1)N1CCC(Cc2cccc(F)c2)CC1. The lowest BCUT2D eigenvalue weighted by atomic mass is 9.90. The van der Waals surface area contributed by atoms with Gasteiger partial charge in [0.25, 0.3) is 5.91 Å². The molecule has 1 saturated heterocycles. The number of piperidine rings is 1. The van der Waals surface area contributed by atoms with Gasteiger partial charge in [-0.1, -0.05) is 42.5 Å². The van der Waals surface area contributed by atoms with Crippen LogP contribution < -0.4 is 0 Å². The van der Waals surface area contributed by atoms with Crippen LogP contribution in [0.5, 0.6) is 0 Å². The topological polar surface area (TPSA) is 49.0 Å². The average Bonchev–Trinajstić information content (AvgIpc) is 3.19. The second-order valence-corrected chi connectivity index (χ2v) is 7.09. The van der Waals surface area contributed by atoms with Crippen LogP contribution in [0.3, 0.4) is 0 Å². The van der Waals surface area contributed by atoms with Gasteiger partial charge >= 0.3 is 0 Å². The number of carbonyl (C=O) groups is 1. The van der Waals surface area contributed by atoms with Gasteiger partial charge in [-0.25, -0.2) is 4.39 Å². The van der Waals surface area contributed by atoms with Crippen molar-refractivity contribution in [3.8, 4) is 11.3 Å². The van der Waals surface area contributed by atoms with E-state index in [0.717, 1.165) is 49.2 Å². The van der Waals surface area contributed by atoms with E-state index < -0.39 is 0 Å². The van der Waals surface area contributed by atoms with E-state index in [4.69, 9.17) is 0 Å². The van der Waals surface area contributed by atoms with E-state index >= 15 is 0 Å². The number of halogens is 1. The van der Waals surface area contributed by atoms with Crippen LogP contribution in [0.2, 0.25) is 0 Å². The molecule has 0 radical (unpaired) electrons. The van der Waals surface area contributed by atoms with Crippen molar-refractivity contribution in [1.82, 2.24) is 15.1 Å². The van der Waals surface area contributed by atoms with Crippen molar-refractivity contribution in [2.24, 2.45) is 5.92 Å². The maximum absolute atomic E-state index is 13.4. The summed E-state index contributed by atoms with van der Waals surface area (Å²) in [6.45, 7) is 1.44. The molecule has 1 amide bonds. The third-order valence-corrected chi connectivity index (χ3v) is 5.25. The number of nitrogens with zero attached hydrogens (tertiary/aromatic N) is 2. The number of H-pyrrole nitrogens is 1. The summed E-state index contributed by atoms with van der Waals surface area (Å²) in [7, 11) is 0. The van der Waals surface area contributed by atoms with Gasteiger partial charge in [0.15, 0.2) is 0 Å². The summed E-state index contributed by atoms with van der Waals surface area (Å²) in [4.78, 5) is 14.9. The molecule has 1 aliphatic heterocycles. The maximum Gasteiger partial charge on any atom is 0.257 e. The van der Waals surface area contributed by atoms with Crippen LogP contribution in [0.15, 0.2) is 60.8 Å². The Bertz CT molecular complexity index is 914. The molecule has 1 aromatic heterocycles. The summed E-state index contributed by atoms with van der Waals surface area (Å²) in [6, 6.07) is 16.6. The lowest BCUT2D eigenvalue weighted by Gasteiger charge is -2.32. The van der Waals surface area contributed by atoms with E-state index in [1.165, 1.54) is 6.07 Å². The first kappa shape index (κ1) is 17.5. The van der Waals surface area contributed by atoms with Crippen LogP contribution in [0.25, 0.3) is 11.3 Å². The Labute approximate surface area is 158 Å². The first-order valence-corrected chi connectivity index (χ1v) is 9.33. The van der Waals surface area contributed by atoms with Gasteiger partial charge in [-0.2, -0.15) is 5.10 Å². The predicted molar refractivity (Wildman–Crippen MR) is 103 cm³/mol. The van der Waals surface area contributed by atoms with E-state index in [0.29, 0.717) is 11.5 Å². The number of benzene rings is 2. The standard InChI is InChI=1S/C22H22FN3O/c23-19-8-4-5-17(14-19)13-16-9-11-26(12-10-16)22(27)20-15-24-25-21(20)18-6-2-1-3-7-18/h1-8,14-16H,9-13H2,(H,24,25). The summed E-state index contributed by atoms with van der Waals surface area (Å²) in [5.74, 6) is 0.314. The minimum Gasteiger partial charge on any atom is -0.339 e. The van der Waals surface area contributed by atoms with Gasteiger partial charge in [0.05, 0.1) is 17.5 Å². The molecule has 0 saturated carbocycles. The van der Waals surface area contributed by atoms with Gasteiger partial charge in [-0.3, -0.25) is 9.89 Å². The molecule has 4 rings (SSSR count). The maximum atomic E-state index is 13.4. The minimum absolute atomic E-state index is 0.0202. The van der Waals surface area contributed by atoms with Crippen LogP contribution in [0, 0.1) is 11.7 Å². The van der Waals surface area contributed by atoms with Crippen LogP contribution in [-0.2, 0) is 6.42 Å². The van der Waals surface area contributed by atoms with E-state index in [1.54, 1.807) is 18.3 Å². The molecule has 0 atom stereocenters. The number of carbonyl (C=O) groups excluding carboxylic acids is 1. The molecule has 27 heavy (non-hydrogen) atoms. The molecule has 0 spiro atoms. The van der Waals surface area contributed by atoms with Crippen LogP contribution >= 0.6 is 0 Å². The zero-order chi connectivity index (χ0) is 18.6. The van der Waals surface area contributed by atoms with Crippen molar-refractivity contribution in [2.75, 3.05) is 13.1 Å². The fourth-order valence-electron chi connectivity index (χ4n) is 3.78. The second kappa shape index (κ2) is 7.74. The Morgan fingerprint density at radius 2 is 1.89 bits per heavy atom. The largest absolute Gasteiger partial charge is 0.339 e. The molecule has 1 N–H and O–H groups in total. The Morgan fingerprint density at radius 1 is 1.11 bits per heavy atom. The van der Waals surface area contributed by atoms with Crippen molar-refractivity contribution in [1.29, 1.82) is 0 Å². The van der Waals surface area contributed by atoms with Crippen LogP contribution in [0.1, 0.15) is 28.8 Å². The third kappa shape index (κ3) is 3.92. The molecule has 0 bridgehead atoms. The molecule has 0 unspecified atom stereocenters. The molecule has 5 heteroatoms. The summed E-state index contributed by atoms with van der Waals surface area (Å²) >= 11 is 0. The number of aromatic amines is 1. The first-order valence-electron chi connectivity index (χ1n) is 9.33. The van der Waals surface area contributed by atoms with E-state index in [2.05, 4.69) is 10.2 Å². The number of rotatable bonds is 4. The normalized spacial score (nSPS) is 15.1. The van der Waals surface area contributed by atoms with Gasteiger partial charge in [0.1, 0.15) is 5.82 Å². The molecule has 2 aromatic carbocycles. The Morgan fingerprint density at radius 3 is 2.63 bits per heavy atom. The fourth-order valence-corrected chi connectivity index (χ4v) is 3.78. The molecule has 2 heterocycles. The monoisotopic (exact) mass is 363 g/mol. The summed E-state index contributed by atoms with van der Waals surface area (Å²) in [5.41, 5.74) is 3.37. The molecule has 4 nitrogen and oxygen atoms in total. The Kier molecular flexibility index (Phi) is 5.01. The van der Waals surface area contributed by atoms with Crippen molar-refractivity contribution in [2.45, 2.75) is 19.3 Å². The number of likely N-dealkylation sites (tertiary alicyclic amines) is 1. The second-order valence-electron chi connectivity index (χ2n) is 7.09. The minimum atomic E-state index is -0.187. The Hall–Kier alpha value is -2.95. The highest BCUT2D eigenvalue weighted by Gasteiger charge is 2.26. The number of hydrogen-bond donors (Lipinski definition) is 1. The molecular weight excluding hydrogens is 341 g/mol. The highest BCUT2D eigenvalue weighted by Crippen LogP contribution is 2.26. The number of hydrogen-bond acceptors (Lipinski definition) is 2. The van der Waals surface area contributed by atoms with Crippen molar-refractivity contribution < 1.29 is 9.18 Å².